The molecule has 0 aliphatic rings. The molecule has 0 radical (unpaired) electrons. The minimum Gasteiger partial charge on any atom is -0.494 e. The molecule has 4 aromatic rings. The second-order valence-electron chi connectivity index (χ2n) is 8.57. The van der Waals surface area contributed by atoms with Gasteiger partial charge >= 0.3 is 0 Å². The molecule has 1 unspecified atom stereocenters. The predicted octanol–water partition coefficient (Wildman–Crippen LogP) is 5.71. The van der Waals surface area contributed by atoms with Gasteiger partial charge in [-0.3, -0.25) is 14.9 Å². The molecular formula is C27H26N4O4. The van der Waals surface area contributed by atoms with Crippen LogP contribution in [0.1, 0.15) is 41.4 Å². The van der Waals surface area contributed by atoms with Crippen LogP contribution in [-0.4, -0.2) is 45.2 Å². The van der Waals surface area contributed by atoms with Crippen molar-refractivity contribution in [3.8, 4) is 5.88 Å². The fourth-order valence-corrected chi connectivity index (χ4v) is 4.04. The number of carbonyl (C=O) groups is 1. The first-order chi connectivity index (χ1) is 16.7. The van der Waals surface area contributed by atoms with Crippen LogP contribution in [0.2, 0.25) is 0 Å². The summed E-state index contributed by atoms with van der Waals surface area (Å²) in [4.78, 5) is 30.2. The van der Waals surface area contributed by atoms with Crippen LogP contribution in [0, 0.1) is 10.1 Å². The zero-order chi connectivity index (χ0) is 25.3. The molecule has 4 rings (SSSR count). The molecule has 35 heavy (non-hydrogen) atoms. The van der Waals surface area contributed by atoms with E-state index in [1.807, 2.05) is 68.7 Å². The Morgan fingerprint density at radius 3 is 2.29 bits per heavy atom. The third-order valence-corrected chi connectivity index (χ3v) is 6.13. The van der Waals surface area contributed by atoms with E-state index in [4.69, 9.17) is 4.99 Å². The summed E-state index contributed by atoms with van der Waals surface area (Å²) < 4.78 is 1.08. The molecule has 0 amide bonds. The number of nitrogens with zero attached hydrogens (tertiary/aromatic N) is 4. The van der Waals surface area contributed by atoms with E-state index in [0.29, 0.717) is 22.3 Å². The quantitative estimate of drug-likeness (QED) is 0.221. The zero-order valence-corrected chi connectivity index (χ0v) is 20.0. The van der Waals surface area contributed by atoms with Gasteiger partial charge in [0, 0.05) is 36.0 Å². The highest BCUT2D eigenvalue weighted by molar-refractivity contribution is 6.23. The van der Waals surface area contributed by atoms with Gasteiger partial charge in [-0.25, -0.2) is 9.56 Å². The maximum Gasteiger partial charge on any atom is 0.271 e. The maximum absolute atomic E-state index is 12.4. The van der Waals surface area contributed by atoms with Crippen LogP contribution in [-0.2, 0) is 0 Å². The number of aromatic nitrogens is 1. The minimum atomic E-state index is -0.532. The van der Waals surface area contributed by atoms with Crippen LogP contribution in [0.4, 0.5) is 11.4 Å². The highest BCUT2D eigenvalue weighted by Crippen LogP contribution is 2.36. The third kappa shape index (κ3) is 4.56. The van der Waals surface area contributed by atoms with Crippen LogP contribution in [0.25, 0.3) is 10.9 Å². The molecular weight excluding hydrogens is 444 g/mol. The number of hydrogen-bond donors (Lipinski definition) is 1. The van der Waals surface area contributed by atoms with Gasteiger partial charge in [-0.1, -0.05) is 42.5 Å². The van der Waals surface area contributed by atoms with Crippen molar-refractivity contribution >= 4 is 33.9 Å². The van der Waals surface area contributed by atoms with Crippen molar-refractivity contribution in [2.24, 2.45) is 4.99 Å². The Kier molecular flexibility index (Phi) is 6.48. The van der Waals surface area contributed by atoms with Crippen molar-refractivity contribution in [2.75, 3.05) is 14.1 Å². The predicted molar refractivity (Wildman–Crippen MR) is 137 cm³/mol. The van der Waals surface area contributed by atoms with Gasteiger partial charge in [0.1, 0.15) is 0 Å². The average molecular weight is 471 g/mol. The van der Waals surface area contributed by atoms with Crippen molar-refractivity contribution < 1.29 is 14.8 Å². The van der Waals surface area contributed by atoms with Crippen LogP contribution < -0.4 is 0 Å². The van der Waals surface area contributed by atoms with Gasteiger partial charge < -0.3 is 10.0 Å². The van der Waals surface area contributed by atoms with Crippen molar-refractivity contribution in [3.05, 3.63) is 99.6 Å². The molecule has 8 nitrogen and oxygen atoms in total. The Balaban J connectivity index is 1.97. The topological polar surface area (TPSA) is 101 Å². The molecule has 1 N–H and O–H groups in total. The molecule has 3 aromatic carbocycles. The minimum absolute atomic E-state index is 0.173. The monoisotopic (exact) mass is 470 g/mol. The summed E-state index contributed by atoms with van der Waals surface area (Å²) in [7, 11) is 4.03. The van der Waals surface area contributed by atoms with E-state index >= 15 is 0 Å². The van der Waals surface area contributed by atoms with Gasteiger partial charge in [-0.2, -0.15) is 0 Å². The fourth-order valence-electron chi connectivity index (χ4n) is 4.04. The van der Waals surface area contributed by atoms with Crippen LogP contribution >= 0.6 is 0 Å². The molecule has 178 valence electrons. The molecule has 0 saturated carbocycles. The summed E-state index contributed by atoms with van der Waals surface area (Å²) in [5.74, 6) is -0.776. The number of aliphatic imine (C=N–C) groups is 1. The second kappa shape index (κ2) is 9.52. The second-order valence-corrected chi connectivity index (χ2v) is 8.57. The van der Waals surface area contributed by atoms with E-state index < -0.39 is 10.8 Å². The van der Waals surface area contributed by atoms with E-state index in [-0.39, 0.29) is 23.1 Å². The summed E-state index contributed by atoms with van der Waals surface area (Å²) in [5.41, 5.74) is 3.40. The van der Waals surface area contributed by atoms with E-state index in [9.17, 15) is 20.0 Å². The highest BCUT2D eigenvalue weighted by atomic mass is 16.6. The lowest BCUT2D eigenvalue weighted by molar-refractivity contribution is -0.384. The third-order valence-electron chi connectivity index (χ3n) is 6.13. The van der Waals surface area contributed by atoms with Crippen molar-refractivity contribution in [1.29, 1.82) is 0 Å². The lowest BCUT2D eigenvalue weighted by atomic mass is 10.0. The normalized spacial score (nSPS) is 12.8. The lowest BCUT2D eigenvalue weighted by Gasteiger charge is -2.20. The van der Waals surface area contributed by atoms with Gasteiger partial charge in [-0.05, 0) is 44.8 Å². The van der Waals surface area contributed by atoms with Gasteiger partial charge in [-0.15, -0.1) is 0 Å². The average Bonchev–Trinajstić information content (AvgIpc) is 3.13. The first kappa shape index (κ1) is 23.8. The number of hydrogen-bond acceptors (Lipinski definition) is 6. The molecule has 0 aliphatic heterocycles. The van der Waals surface area contributed by atoms with Crippen molar-refractivity contribution in [3.63, 3.8) is 0 Å². The van der Waals surface area contributed by atoms with Gasteiger partial charge in [0.15, 0.2) is 0 Å². The summed E-state index contributed by atoms with van der Waals surface area (Å²) in [6.07, 6.45) is 0. The van der Waals surface area contributed by atoms with Crippen LogP contribution in [0.15, 0.2) is 77.8 Å². The number of non-ortho nitro benzene ring substituents is 1. The largest absolute Gasteiger partial charge is 0.494 e. The van der Waals surface area contributed by atoms with Gasteiger partial charge in [0.05, 0.1) is 27.4 Å². The summed E-state index contributed by atoms with van der Waals surface area (Å²) in [5, 5.41) is 23.0. The van der Waals surface area contributed by atoms with E-state index in [0.717, 1.165) is 15.7 Å². The molecule has 1 atom stereocenters. The summed E-state index contributed by atoms with van der Waals surface area (Å²) >= 11 is 0. The smallest absolute Gasteiger partial charge is 0.271 e. The standard InChI is InChI=1S/C27H26N4O4/c1-17(29(3)4)19-10-12-21(13-11-19)28-26(20-8-6-5-7-9-20)25-23-15-14-22(31(34)35)16-24(23)30(18(2)32)27(25)33/h5-17,33H,1-4H3. The Labute approximate surface area is 202 Å². The van der Waals surface area contributed by atoms with Crippen molar-refractivity contribution in [2.45, 2.75) is 19.9 Å². The Hall–Kier alpha value is -4.30. The molecule has 1 aromatic heterocycles. The first-order valence-corrected chi connectivity index (χ1v) is 11.1. The number of benzene rings is 3. The Morgan fingerprint density at radius 2 is 1.71 bits per heavy atom. The van der Waals surface area contributed by atoms with Gasteiger partial charge in [0.2, 0.25) is 11.8 Å². The molecule has 0 bridgehead atoms. The number of aromatic hydroxyl groups is 1. The number of nitro benzene ring substituents is 1. The summed E-state index contributed by atoms with van der Waals surface area (Å²) in [6.45, 7) is 3.41. The molecule has 0 aliphatic carbocycles. The van der Waals surface area contributed by atoms with Crippen molar-refractivity contribution in [1.82, 2.24) is 9.47 Å². The van der Waals surface area contributed by atoms with Gasteiger partial charge in [0.25, 0.3) is 5.69 Å². The fraction of sp³-hybridized carbons (Fsp3) is 0.185. The Bertz CT molecular complexity index is 1440. The van der Waals surface area contributed by atoms with E-state index in [2.05, 4.69) is 11.8 Å². The molecule has 0 saturated heterocycles. The molecule has 0 fully saturated rings. The molecule has 8 heteroatoms. The highest BCUT2D eigenvalue weighted by Gasteiger charge is 2.25. The Morgan fingerprint density at radius 1 is 1.06 bits per heavy atom. The number of carbonyl (C=O) groups excluding carboxylic acids is 1. The lowest BCUT2D eigenvalue weighted by Crippen LogP contribution is -2.16. The first-order valence-electron chi connectivity index (χ1n) is 11.1. The van der Waals surface area contributed by atoms with Crippen LogP contribution in [0.5, 0.6) is 5.88 Å². The molecule has 0 spiro atoms. The van der Waals surface area contributed by atoms with E-state index in [1.54, 1.807) is 6.07 Å². The van der Waals surface area contributed by atoms with E-state index in [1.165, 1.54) is 19.1 Å². The zero-order valence-electron chi connectivity index (χ0n) is 20.0. The van der Waals surface area contributed by atoms with Crippen LogP contribution in [0.3, 0.4) is 0 Å². The summed E-state index contributed by atoms with van der Waals surface area (Å²) in [6, 6.07) is 21.6. The SMILES string of the molecule is CC(=O)n1c(O)c(C(=Nc2ccc(C(C)N(C)C)cc2)c2ccccc2)c2ccc([N+](=O)[O-])cc21. The molecule has 1 heterocycles. The number of fused-ring (bicyclic) bond motifs is 1. The number of rotatable bonds is 6. The maximum atomic E-state index is 12.4. The number of nitro groups is 1.